The molecule has 0 spiro atoms. The summed E-state index contributed by atoms with van der Waals surface area (Å²) in [6.07, 6.45) is 0. The third kappa shape index (κ3) is 2.25. The minimum absolute atomic E-state index is 0.897. The van der Waals surface area contributed by atoms with Crippen molar-refractivity contribution in [1.29, 1.82) is 0 Å². The fourth-order valence-corrected chi connectivity index (χ4v) is 2.24. The normalized spacial score (nSPS) is 10.4. The summed E-state index contributed by atoms with van der Waals surface area (Å²) in [7, 11) is 1.70. The Balaban J connectivity index is 2.10. The molecule has 94 valence electrons. The average Bonchev–Trinajstić information content (AvgIpc) is 2.49. The molecule has 0 bridgehead atoms. The molecular formula is C17H15NO. The van der Waals surface area contributed by atoms with E-state index in [0.717, 1.165) is 27.9 Å². The van der Waals surface area contributed by atoms with Crippen LogP contribution < -0.4 is 10.1 Å². The predicted octanol–water partition coefficient (Wildman–Crippen LogP) is 4.59. The van der Waals surface area contributed by atoms with E-state index in [1.807, 2.05) is 42.5 Å². The highest BCUT2D eigenvalue weighted by Gasteiger charge is 2.05. The molecule has 0 saturated carbocycles. The molecule has 0 aliphatic heterocycles. The molecular weight excluding hydrogens is 234 g/mol. The molecule has 1 N–H and O–H groups in total. The Hall–Kier alpha value is -2.48. The van der Waals surface area contributed by atoms with Gasteiger partial charge < -0.3 is 10.1 Å². The molecule has 0 unspecified atom stereocenters. The molecule has 3 aromatic rings. The van der Waals surface area contributed by atoms with Gasteiger partial charge in [0.15, 0.2) is 0 Å². The van der Waals surface area contributed by atoms with Crippen LogP contribution >= 0.6 is 0 Å². The third-order valence-corrected chi connectivity index (χ3v) is 3.16. The maximum absolute atomic E-state index is 5.40. The standard InChI is InChI=1S/C17H15NO/c1-19-17-12-11-16(14-9-5-6-10-15(14)17)18-13-7-3-2-4-8-13/h2-12,18H,1H3. The summed E-state index contributed by atoms with van der Waals surface area (Å²) < 4.78 is 5.40. The van der Waals surface area contributed by atoms with Crippen molar-refractivity contribution < 1.29 is 4.74 Å². The zero-order chi connectivity index (χ0) is 13.1. The number of fused-ring (bicyclic) bond motifs is 1. The van der Waals surface area contributed by atoms with Crippen molar-refractivity contribution in [1.82, 2.24) is 0 Å². The first-order chi connectivity index (χ1) is 9.38. The van der Waals surface area contributed by atoms with Crippen LogP contribution in [0.3, 0.4) is 0 Å². The van der Waals surface area contributed by atoms with E-state index in [1.165, 1.54) is 0 Å². The van der Waals surface area contributed by atoms with E-state index >= 15 is 0 Å². The molecule has 0 radical (unpaired) electrons. The van der Waals surface area contributed by atoms with E-state index < -0.39 is 0 Å². The van der Waals surface area contributed by atoms with Crippen molar-refractivity contribution >= 4 is 22.1 Å². The Morgan fingerprint density at radius 1 is 0.737 bits per heavy atom. The highest BCUT2D eigenvalue weighted by molar-refractivity contribution is 5.99. The van der Waals surface area contributed by atoms with Crippen LogP contribution in [-0.2, 0) is 0 Å². The van der Waals surface area contributed by atoms with E-state index in [1.54, 1.807) is 7.11 Å². The predicted molar refractivity (Wildman–Crippen MR) is 80.2 cm³/mol. The average molecular weight is 249 g/mol. The third-order valence-electron chi connectivity index (χ3n) is 3.16. The Labute approximate surface area is 112 Å². The molecule has 3 aromatic carbocycles. The molecule has 0 aliphatic carbocycles. The maximum atomic E-state index is 5.40. The van der Waals surface area contributed by atoms with E-state index in [2.05, 4.69) is 29.6 Å². The van der Waals surface area contributed by atoms with Crippen LogP contribution in [0, 0.1) is 0 Å². The molecule has 0 amide bonds. The quantitative estimate of drug-likeness (QED) is 0.733. The number of hydrogen-bond acceptors (Lipinski definition) is 2. The van der Waals surface area contributed by atoms with Gasteiger partial charge in [-0.25, -0.2) is 0 Å². The number of methoxy groups -OCH3 is 1. The topological polar surface area (TPSA) is 21.3 Å². The van der Waals surface area contributed by atoms with E-state index in [-0.39, 0.29) is 0 Å². The Morgan fingerprint density at radius 2 is 1.42 bits per heavy atom. The monoisotopic (exact) mass is 249 g/mol. The Bertz CT molecular complexity index is 692. The summed E-state index contributed by atoms with van der Waals surface area (Å²) in [6, 6.07) is 22.4. The molecule has 0 aromatic heterocycles. The zero-order valence-electron chi connectivity index (χ0n) is 10.8. The summed E-state index contributed by atoms with van der Waals surface area (Å²) in [5.74, 6) is 0.897. The molecule has 3 rings (SSSR count). The van der Waals surface area contributed by atoms with Gasteiger partial charge >= 0.3 is 0 Å². The van der Waals surface area contributed by atoms with Gasteiger partial charge in [0.25, 0.3) is 0 Å². The zero-order valence-corrected chi connectivity index (χ0v) is 10.8. The molecule has 2 nitrogen and oxygen atoms in total. The molecule has 2 heteroatoms. The Kier molecular flexibility index (Phi) is 3.07. The van der Waals surface area contributed by atoms with Gasteiger partial charge in [-0.05, 0) is 24.3 Å². The van der Waals surface area contributed by atoms with Gasteiger partial charge in [0.2, 0.25) is 0 Å². The molecule has 0 atom stereocenters. The number of ether oxygens (including phenoxy) is 1. The summed E-state index contributed by atoms with van der Waals surface area (Å²) in [5.41, 5.74) is 2.17. The maximum Gasteiger partial charge on any atom is 0.126 e. The van der Waals surface area contributed by atoms with Crippen LogP contribution in [0.1, 0.15) is 0 Å². The fourth-order valence-electron chi connectivity index (χ4n) is 2.24. The number of anilines is 2. The first-order valence-electron chi connectivity index (χ1n) is 6.26. The molecule has 0 fully saturated rings. The van der Waals surface area contributed by atoms with Crippen LogP contribution in [-0.4, -0.2) is 7.11 Å². The molecule has 0 aliphatic rings. The first-order valence-corrected chi connectivity index (χ1v) is 6.26. The minimum Gasteiger partial charge on any atom is -0.496 e. The smallest absolute Gasteiger partial charge is 0.126 e. The van der Waals surface area contributed by atoms with E-state index in [9.17, 15) is 0 Å². The number of nitrogens with one attached hydrogen (secondary N) is 1. The van der Waals surface area contributed by atoms with Crippen LogP contribution in [0.4, 0.5) is 11.4 Å². The largest absolute Gasteiger partial charge is 0.496 e. The van der Waals surface area contributed by atoms with Gasteiger partial charge in [0.1, 0.15) is 5.75 Å². The van der Waals surface area contributed by atoms with Gasteiger partial charge in [-0.1, -0.05) is 42.5 Å². The number of hydrogen-bond donors (Lipinski definition) is 1. The SMILES string of the molecule is COc1ccc(Nc2ccccc2)c2ccccc12. The van der Waals surface area contributed by atoms with Crippen molar-refractivity contribution in [2.75, 3.05) is 12.4 Å². The van der Waals surface area contributed by atoms with Gasteiger partial charge in [-0.3, -0.25) is 0 Å². The summed E-state index contributed by atoms with van der Waals surface area (Å²) in [4.78, 5) is 0. The van der Waals surface area contributed by atoms with Crippen molar-refractivity contribution in [2.45, 2.75) is 0 Å². The summed E-state index contributed by atoms with van der Waals surface area (Å²) in [5, 5.41) is 5.72. The number of para-hydroxylation sites is 1. The van der Waals surface area contributed by atoms with Crippen molar-refractivity contribution in [3.63, 3.8) is 0 Å². The Morgan fingerprint density at radius 3 is 2.16 bits per heavy atom. The first kappa shape index (κ1) is 11.6. The lowest BCUT2D eigenvalue weighted by Crippen LogP contribution is -1.92. The second-order valence-electron chi connectivity index (χ2n) is 4.35. The van der Waals surface area contributed by atoms with Crippen molar-refractivity contribution in [3.8, 4) is 5.75 Å². The van der Waals surface area contributed by atoms with Crippen LogP contribution in [0.2, 0.25) is 0 Å². The van der Waals surface area contributed by atoms with E-state index in [4.69, 9.17) is 4.74 Å². The lowest BCUT2D eigenvalue weighted by atomic mass is 10.1. The van der Waals surface area contributed by atoms with Crippen LogP contribution in [0.5, 0.6) is 5.75 Å². The minimum atomic E-state index is 0.897. The summed E-state index contributed by atoms with van der Waals surface area (Å²) in [6.45, 7) is 0. The second-order valence-corrected chi connectivity index (χ2v) is 4.35. The lowest BCUT2D eigenvalue weighted by Gasteiger charge is -2.12. The van der Waals surface area contributed by atoms with Gasteiger partial charge in [0, 0.05) is 22.1 Å². The lowest BCUT2D eigenvalue weighted by molar-refractivity contribution is 0.420. The van der Waals surface area contributed by atoms with Gasteiger partial charge in [0.05, 0.1) is 7.11 Å². The van der Waals surface area contributed by atoms with E-state index in [0.29, 0.717) is 0 Å². The fraction of sp³-hybridized carbons (Fsp3) is 0.0588. The highest BCUT2D eigenvalue weighted by atomic mass is 16.5. The van der Waals surface area contributed by atoms with Crippen LogP contribution in [0.25, 0.3) is 10.8 Å². The second kappa shape index (κ2) is 5.02. The molecule has 19 heavy (non-hydrogen) atoms. The molecule has 0 saturated heterocycles. The number of rotatable bonds is 3. The summed E-state index contributed by atoms with van der Waals surface area (Å²) >= 11 is 0. The number of benzene rings is 3. The highest BCUT2D eigenvalue weighted by Crippen LogP contribution is 2.32. The molecule has 0 heterocycles. The van der Waals surface area contributed by atoms with Crippen molar-refractivity contribution in [2.24, 2.45) is 0 Å². The van der Waals surface area contributed by atoms with Crippen molar-refractivity contribution in [3.05, 3.63) is 66.7 Å². The van der Waals surface area contributed by atoms with Gasteiger partial charge in [-0.2, -0.15) is 0 Å². The van der Waals surface area contributed by atoms with Crippen LogP contribution in [0.15, 0.2) is 66.7 Å². The van der Waals surface area contributed by atoms with Gasteiger partial charge in [-0.15, -0.1) is 0 Å².